The van der Waals surface area contributed by atoms with Gasteiger partial charge in [0.05, 0.1) is 17.0 Å². The molecule has 0 unspecified atom stereocenters. The molecule has 1 aromatic carbocycles. The summed E-state index contributed by atoms with van der Waals surface area (Å²) in [6, 6.07) is 7.38. The fraction of sp³-hybridized carbons (Fsp3) is 0.471. The molecule has 0 saturated heterocycles. The van der Waals surface area contributed by atoms with E-state index >= 15 is 0 Å². The van der Waals surface area contributed by atoms with Crippen LogP contribution < -0.4 is 5.56 Å². The molecule has 6 heteroatoms. The van der Waals surface area contributed by atoms with Crippen molar-refractivity contribution in [2.24, 2.45) is 5.92 Å². The summed E-state index contributed by atoms with van der Waals surface area (Å²) in [5.74, 6) is 1.20. The van der Waals surface area contributed by atoms with E-state index in [2.05, 4.69) is 24.9 Å². The van der Waals surface area contributed by atoms with Gasteiger partial charge in [-0.3, -0.25) is 9.36 Å². The minimum absolute atomic E-state index is 0.0364. The Labute approximate surface area is 145 Å². The van der Waals surface area contributed by atoms with Crippen LogP contribution in [0.3, 0.4) is 0 Å². The van der Waals surface area contributed by atoms with Gasteiger partial charge in [0, 0.05) is 23.7 Å². The zero-order chi connectivity index (χ0) is 16.8. The first-order valence-electron chi connectivity index (χ1n) is 7.72. The van der Waals surface area contributed by atoms with Crippen LogP contribution in [0.2, 0.25) is 5.02 Å². The van der Waals surface area contributed by atoms with E-state index in [-0.39, 0.29) is 5.56 Å². The Morgan fingerprint density at radius 1 is 1.39 bits per heavy atom. The van der Waals surface area contributed by atoms with Crippen molar-refractivity contribution in [3.63, 3.8) is 0 Å². The summed E-state index contributed by atoms with van der Waals surface area (Å²) in [6.07, 6.45) is 2.39. The van der Waals surface area contributed by atoms with Gasteiger partial charge < -0.3 is 0 Å². The van der Waals surface area contributed by atoms with Crippen molar-refractivity contribution in [1.82, 2.24) is 9.55 Å². The van der Waals surface area contributed by atoms with E-state index in [1.165, 1.54) is 0 Å². The van der Waals surface area contributed by atoms with Crippen molar-refractivity contribution < 1.29 is 0 Å². The zero-order valence-electron chi connectivity index (χ0n) is 13.4. The molecule has 0 fully saturated rings. The first kappa shape index (κ1) is 17.8. The van der Waals surface area contributed by atoms with Gasteiger partial charge in [0.15, 0.2) is 5.16 Å². The fourth-order valence-electron chi connectivity index (χ4n) is 2.28. The average Bonchev–Trinajstić information content (AvgIpc) is 2.51. The molecule has 1 heterocycles. The van der Waals surface area contributed by atoms with Gasteiger partial charge in [-0.2, -0.15) is 5.26 Å². The number of fused-ring (bicyclic) bond motifs is 1. The van der Waals surface area contributed by atoms with Gasteiger partial charge in [0.2, 0.25) is 0 Å². The zero-order valence-corrected chi connectivity index (χ0v) is 15.0. The Morgan fingerprint density at radius 2 is 2.17 bits per heavy atom. The van der Waals surface area contributed by atoms with E-state index in [1.54, 1.807) is 34.5 Å². The van der Waals surface area contributed by atoms with E-state index in [4.69, 9.17) is 16.9 Å². The highest BCUT2D eigenvalue weighted by Gasteiger charge is 2.13. The summed E-state index contributed by atoms with van der Waals surface area (Å²) in [6.45, 7) is 4.79. The molecule has 0 aliphatic rings. The van der Waals surface area contributed by atoms with Gasteiger partial charge in [-0.05, 0) is 37.0 Å². The maximum Gasteiger partial charge on any atom is 0.262 e. The molecule has 2 rings (SSSR count). The standard InChI is InChI=1S/C17H20ClN3OS/c1-12(2)11-21-16(22)14-10-13(18)6-7-15(14)20-17(21)23-9-5-3-4-8-19/h6-7,10,12H,3-5,9,11H2,1-2H3. The van der Waals surface area contributed by atoms with Crippen molar-refractivity contribution in [1.29, 1.82) is 5.26 Å². The van der Waals surface area contributed by atoms with Gasteiger partial charge >= 0.3 is 0 Å². The second-order valence-corrected chi connectivity index (χ2v) is 7.33. The fourth-order valence-corrected chi connectivity index (χ4v) is 3.46. The lowest BCUT2D eigenvalue weighted by Gasteiger charge is -2.15. The van der Waals surface area contributed by atoms with Crippen molar-refractivity contribution in [2.45, 2.75) is 44.8 Å². The molecule has 0 aliphatic heterocycles. The Morgan fingerprint density at radius 3 is 2.87 bits per heavy atom. The Bertz CT molecular complexity index is 780. The molecule has 0 radical (unpaired) electrons. The highest BCUT2D eigenvalue weighted by Crippen LogP contribution is 2.22. The number of nitrogens with zero attached hydrogens (tertiary/aromatic N) is 3. The van der Waals surface area contributed by atoms with Crippen molar-refractivity contribution in [3.8, 4) is 6.07 Å². The normalized spacial score (nSPS) is 11.1. The number of hydrogen-bond donors (Lipinski definition) is 0. The Hall–Kier alpha value is -1.51. The summed E-state index contributed by atoms with van der Waals surface area (Å²) < 4.78 is 1.75. The quantitative estimate of drug-likeness (QED) is 0.419. The lowest BCUT2D eigenvalue weighted by atomic mass is 10.2. The third kappa shape index (κ3) is 4.73. The minimum atomic E-state index is -0.0364. The minimum Gasteiger partial charge on any atom is -0.287 e. The molecule has 122 valence electrons. The summed E-state index contributed by atoms with van der Waals surface area (Å²) in [5, 5.41) is 10.4. The maximum atomic E-state index is 12.8. The van der Waals surface area contributed by atoms with Crippen LogP contribution in [0.15, 0.2) is 28.2 Å². The van der Waals surface area contributed by atoms with Crippen LogP contribution in [-0.2, 0) is 6.54 Å². The first-order chi connectivity index (χ1) is 11.0. The average molecular weight is 350 g/mol. The van der Waals surface area contributed by atoms with Gasteiger partial charge in [0.25, 0.3) is 5.56 Å². The molecule has 0 bridgehead atoms. The number of aromatic nitrogens is 2. The van der Waals surface area contributed by atoms with Crippen LogP contribution in [0.25, 0.3) is 10.9 Å². The van der Waals surface area contributed by atoms with E-state index in [0.29, 0.717) is 34.8 Å². The molecular weight excluding hydrogens is 330 g/mol. The van der Waals surface area contributed by atoms with Crippen LogP contribution in [0.5, 0.6) is 0 Å². The van der Waals surface area contributed by atoms with E-state index in [1.807, 2.05) is 0 Å². The molecule has 0 atom stereocenters. The molecular formula is C17H20ClN3OS. The number of nitriles is 1. The lowest BCUT2D eigenvalue weighted by molar-refractivity contribution is 0.475. The van der Waals surface area contributed by atoms with Crippen LogP contribution in [0.1, 0.15) is 33.1 Å². The third-order valence-electron chi connectivity index (χ3n) is 3.34. The van der Waals surface area contributed by atoms with Gasteiger partial charge in [-0.15, -0.1) is 0 Å². The predicted molar refractivity (Wildman–Crippen MR) is 96.0 cm³/mol. The first-order valence-corrected chi connectivity index (χ1v) is 9.09. The van der Waals surface area contributed by atoms with Gasteiger partial charge in [-0.25, -0.2) is 4.98 Å². The summed E-state index contributed by atoms with van der Waals surface area (Å²) in [5.41, 5.74) is 0.643. The lowest BCUT2D eigenvalue weighted by Crippen LogP contribution is -2.25. The van der Waals surface area contributed by atoms with Crippen molar-refractivity contribution in [3.05, 3.63) is 33.6 Å². The summed E-state index contributed by atoms with van der Waals surface area (Å²) >= 11 is 7.60. The smallest absolute Gasteiger partial charge is 0.262 e. The molecule has 0 aliphatic carbocycles. The monoisotopic (exact) mass is 349 g/mol. The van der Waals surface area contributed by atoms with Gasteiger partial charge in [0.1, 0.15) is 0 Å². The van der Waals surface area contributed by atoms with E-state index < -0.39 is 0 Å². The molecule has 1 aromatic heterocycles. The number of thioether (sulfide) groups is 1. The van der Waals surface area contributed by atoms with E-state index in [0.717, 1.165) is 23.8 Å². The number of halogens is 1. The molecule has 0 N–H and O–H groups in total. The molecule has 0 spiro atoms. The topological polar surface area (TPSA) is 58.7 Å². The summed E-state index contributed by atoms with van der Waals surface area (Å²) in [4.78, 5) is 17.4. The van der Waals surface area contributed by atoms with Crippen LogP contribution in [0.4, 0.5) is 0 Å². The molecule has 23 heavy (non-hydrogen) atoms. The SMILES string of the molecule is CC(C)Cn1c(SCCCCC#N)nc2ccc(Cl)cc2c1=O. The van der Waals surface area contributed by atoms with Gasteiger partial charge in [-0.1, -0.05) is 37.2 Å². The Kier molecular flexibility index (Phi) is 6.49. The predicted octanol–water partition coefficient (Wildman–Crippen LogP) is 4.49. The number of unbranched alkanes of at least 4 members (excludes halogenated alkanes) is 2. The third-order valence-corrected chi connectivity index (χ3v) is 4.64. The van der Waals surface area contributed by atoms with Crippen LogP contribution >= 0.6 is 23.4 Å². The van der Waals surface area contributed by atoms with Crippen LogP contribution in [-0.4, -0.2) is 15.3 Å². The summed E-state index contributed by atoms with van der Waals surface area (Å²) in [7, 11) is 0. The second-order valence-electron chi connectivity index (χ2n) is 5.83. The molecule has 2 aromatic rings. The Balaban J connectivity index is 2.35. The maximum absolute atomic E-state index is 12.8. The van der Waals surface area contributed by atoms with E-state index in [9.17, 15) is 4.79 Å². The second kappa shape index (κ2) is 8.37. The molecule has 4 nitrogen and oxygen atoms in total. The highest BCUT2D eigenvalue weighted by atomic mass is 35.5. The van der Waals surface area contributed by atoms with Crippen molar-refractivity contribution in [2.75, 3.05) is 5.75 Å². The number of hydrogen-bond acceptors (Lipinski definition) is 4. The number of benzene rings is 1. The highest BCUT2D eigenvalue weighted by molar-refractivity contribution is 7.99. The molecule has 0 amide bonds. The van der Waals surface area contributed by atoms with Crippen molar-refractivity contribution >= 4 is 34.3 Å². The molecule has 0 saturated carbocycles. The number of rotatable bonds is 7. The van der Waals surface area contributed by atoms with Crippen LogP contribution in [0, 0.1) is 17.2 Å². The largest absolute Gasteiger partial charge is 0.287 e.